The van der Waals surface area contributed by atoms with Crippen molar-refractivity contribution in [2.45, 2.75) is 76.2 Å². The molecule has 4 heterocycles. The third-order valence-electron chi connectivity index (χ3n) is 10.3. The Hall–Kier alpha value is -2.20. The molecule has 6 rings (SSSR count). The minimum absolute atomic E-state index is 0.200. The Kier molecular flexibility index (Phi) is 4.48. The normalized spacial score (nSPS) is 51.7. The highest BCUT2D eigenvalue weighted by molar-refractivity contribution is 5.82. The summed E-state index contributed by atoms with van der Waals surface area (Å²) in [5.74, 6) is -2.45. The van der Waals surface area contributed by atoms with Crippen LogP contribution in [0.25, 0.3) is 0 Å². The second-order valence-corrected chi connectivity index (χ2v) is 12.0. The van der Waals surface area contributed by atoms with Crippen molar-refractivity contribution in [3.63, 3.8) is 0 Å². The summed E-state index contributed by atoms with van der Waals surface area (Å²) < 4.78 is 23.7. The molecular formula is C26H32O9. The number of carboxylic acid groups (broad SMARTS) is 1. The fraction of sp³-hybridized carbons (Fsp3) is 0.692. The SMILES string of the molecule is CC1(C)OC[C@@]2(/C=C\C(=O)O)[C@H]3CC[C@@]4(C)[C@H](c5ccoc5)OC(=O)[C@H]5O[C@]54[C@]3(C)[C@H](O)[C@H](O)[C@@H]12. The van der Waals surface area contributed by atoms with Crippen molar-refractivity contribution < 1.29 is 43.5 Å². The molecule has 5 fully saturated rings. The van der Waals surface area contributed by atoms with Crippen LogP contribution in [0, 0.1) is 28.1 Å². The van der Waals surface area contributed by atoms with Crippen molar-refractivity contribution in [2.75, 3.05) is 6.61 Å². The molecule has 10 atom stereocenters. The molecule has 3 saturated heterocycles. The number of epoxide rings is 1. The van der Waals surface area contributed by atoms with Gasteiger partial charge in [0.05, 0.1) is 36.9 Å². The van der Waals surface area contributed by atoms with Crippen LogP contribution in [0.5, 0.6) is 0 Å². The summed E-state index contributed by atoms with van der Waals surface area (Å²) in [7, 11) is 0. The van der Waals surface area contributed by atoms with Gasteiger partial charge in [-0.15, -0.1) is 0 Å². The molecule has 9 nitrogen and oxygen atoms in total. The van der Waals surface area contributed by atoms with Crippen molar-refractivity contribution in [3.8, 4) is 0 Å². The molecule has 0 aromatic carbocycles. The van der Waals surface area contributed by atoms with Crippen molar-refractivity contribution in [2.24, 2.45) is 28.1 Å². The molecule has 0 radical (unpaired) electrons. The van der Waals surface area contributed by atoms with Gasteiger partial charge in [0.1, 0.15) is 11.7 Å². The maximum Gasteiger partial charge on any atom is 0.339 e. The smallest absolute Gasteiger partial charge is 0.339 e. The number of furan rings is 1. The highest BCUT2D eigenvalue weighted by Gasteiger charge is 2.89. The quantitative estimate of drug-likeness (QED) is 0.332. The van der Waals surface area contributed by atoms with Crippen LogP contribution in [0.2, 0.25) is 0 Å². The van der Waals surface area contributed by atoms with Gasteiger partial charge in [0.15, 0.2) is 6.10 Å². The molecule has 1 spiro atoms. The Bertz CT molecular complexity index is 1110. The summed E-state index contributed by atoms with van der Waals surface area (Å²) in [4.78, 5) is 24.7. The second-order valence-electron chi connectivity index (χ2n) is 12.0. The van der Waals surface area contributed by atoms with Crippen LogP contribution in [0.1, 0.15) is 52.2 Å². The third-order valence-corrected chi connectivity index (χ3v) is 10.3. The van der Waals surface area contributed by atoms with Gasteiger partial charge in [-0.3, -0.25) is 0 Å². The lowest BCUT2D eigenvalue weighted by Crippen LogP contribution is -2.75. The molecule has 0 bridgehead atoms. The van der Waals surface area contributed by atoms with E-state index in [0.29, 0.717) is 18.4 Å². The number of hydrogen-bond acceptors (Lipinski definition) is 8. The standard InChI is InChI=1S/C26H32O9/c1-22(2)17-16(29)18(30)24(4)14(25(17,12-33-22)9-6-15(27)28)5-8-23(3)19(13-7-10-32-11-13)34-21(31)20-26(23,24)35-20/h6-7,9-11,14,16-20,29-30H,5,8,12H2,1-4H3,(H,27,28)/b9-6-/t14-,16+,17-,18+,19-,20+,23-,24-,25-,26+/m0/s1. The summed E-state index contributed by atoms with van der Waals surface area (Å²) in [6.45, 7) is 7.82. The Labute approximate surface area is 203 Å². The molecule has 190 valence electrons. The van der Waals surface area contributed by atoms with Crippen LogP contribution in [0.15, 0.2) is 35.2 Å². The lowest BCUT2D eigenvalue weighted by atomic mass is 9.37. The number of esters is 1. The first-order chi connectivity index (χ1) is 16.4. The van der Waals surface area contributed by atoms with Crippen LogP contribution in [-0.4, -0.2) is 63.4 Å². The largest absolute Gasteiger partial charge is 0.478 e. The molecular weight excluding hydrogens is 456 g/mol. The van der Waals surface area contributed by atoms with Crippen LogP contribution >= 0.6 is 0 Å². The number of carbonyl (C=O) groups is 2. The first-order valence-electron chi connectivity index (χ1n) is 12.2. The van der Waals surface area contributed by atoms with Gasteiger partial charge >= 0.3 is 11.9 Å². The van der Waals surface area contributed by atoms with E-state index < -0.39 is 69.7 Å². The summed E-state index contributed by atoms with van der Waals surface area (Å²) in [5, 5.41) is 33.0. The first-order valence-corrected chi connectivity index (χ1v) is 12.2. The van der Waals surface area contributed by atoms with Crippen LogP contribution in [-0.2, 0) is 23.8 Å². The zero-order valence-electron chi connectivity index (χ0n) is 20.3. The van der Waals surface area contributed by atoms with Crippen molar-refractivity contribution >= 4 is 11.9 Å². The minimum atomic E-state index is -1.23. The predicted octanol–water partition coefficient (Wildman–Crippen LogP) is 2.23. The highest BCUT2D eigenvalue weighted by Crippen LogP contribution is 2.79. The Morgan fingerprint density at radius 1 is 1.17 bits per heavy atom. The number of aliphatic hydroxyl groups excluding tert-OH is 2. The average molecular weight is 489 g/mol. The molecule has 5 aliphatic rings. The number of rotatable bonds is 3. The van der Waals surface area contributed by atoms with Crippen LogP contribution < -0.4 is 0 Å². The van der Waals surface area contributed by atoms with Gasteiger partial charge in [0.25, 0.3) is 0 Å². The minimum Gasteiger partial charge on any atom is -0.478 e. The number of aliphatic hydroxyl groups is 2. The van der Waals surface area contributed by atoms with E-state index in [9.17, 15) is 24.9 Å². The predicted molar refractivity (Wildman–Crippen MR) is 119 cm³/mol. The molecule has 3 N–H and O–H groups in total. The zero-order chi connectivity index (χ0) is 25.2. The van der Waals surface area contributed by atoms with Gasteiger partial charge in [-0.2, -0.15) is 0 Å². The number of carboxylic acids is 1. The molecule has 0 unspecified atom stereocenters. The van der Waals surface area contributed by atoms with Gasteiger partial charge in [-0.05, 0) is 38.7 Å². The van der Waals surface area contributed by atoms with Crippen molar-refractivity contribution in [1.82, 2.24) is 0 Å². The summed E-state index contributed by atoms with van der Waals surface area (Å²) in [6, 6.07) is 1.76. The third kappa shape index (κ3) is 2.48. The monoisotopic (exact) mass is 488 g/mol. The lowest BCUT2D eigenvalue weighted by molar-refractivity contribution is -0.266. The van der Waals surface area contributed by atoms with E-state index in [1.807, 2.05) is 27.7 Å². The van der Waals surface area contributed by atoms with Crippen LogP contribution in [0.4, 0.5) is 0 Å². The molecule has 2 aliphatic carbocycles. The topological polar surface area (TPSA) is 139 Å². The summed E-state index contributed by atoms with van der Waals surface area (Å²) in [5.41, 5.74) is -3.85. The summed E-state index contributed by atoms with van der Waals surface area (Å²) >= 11 is 0. The number of fused-ring (bicyclic) bond motifs is 3. The van der Waals surface area contributed by atoms with Gasteiger partial charge in [0.2, 0.25) is 0 Å². The molecule has 3 aliphatic heterocycles. The van der Waals surface area contributed by atoms with Crippen molar-refractivity contribution in [3.05, 3.63) is 36.3 Å². The molecule has 35 heavy (non-hydrogen) atoms. The van der Waals surface area contributed by atoms with E-state index >= 15 is 0 Å². The number of ether oxygens (including phenoxy) is 3. The Morgan fingerprint density at radius 2 is 1.91 bits per heavy atom. The molecule has 1 aromatic rings. The number of aliphatic carboxylic acids is 1. The van der Waals surface area contributed by atoms with E-state index in [0.717, 1.165) is 6.08 Å². The second kappa shape index (κ2) is 6.76. The first kappa shape index (κ1) is 23.2. The number of hydrogen-bond donors (Lipinski definition) is 3. The van der Waals surface area contributed by atoms with E-state index in [2.05, 4.69) is 0 Å². The van der Waals surface area contributed by atoms with E-state index in [4.69, 9.17) is 18.6 Å². The summed E-state index contributed by atoms with van der Waals surface area (Å²) in [6.07, 6.45) is 3.07. The fourth-order valence-electron chi connectivity index (χ4n) is 8.98. The molecule has 0 amide bonds. The van der Waals surface area contributed by atoms with Gasteiger partial charge in [-0.25, -0.2) is 9.59 Å². The van der Waals surface area contributed by atoms with E-state index in [1.54, 1.807) is 18.4 Å². The highest BCUT2D eigenvalue weighted by atomic mass is 16.7. The zero-order valence-corrected chi connectivity index (χ0v) is 20.3. The van der Waals surface area contributed by atoms with E-state index in [1.165, 1.54) is 6.26 Å². The average Bonchev–Trinajstić information content (AvgIpc) is 3.24. The molecule has 1 aromatic heterocycles. The van der Waals surface area contributed by atoms with Crippen LogP contribution in [0.3, 0.4) is 0 Å². The lowest BCUT2D eigenvalue weighted by Gasteiger charge is -2.67. The van der Waals surface area contributed by atoms with Gasteiger partial charge in [0, 0.05) is 33.8 Å². The van der Waals surface area contributed by atoms with Crippen molar-refractivity contribution in [1.29, 1.82) is 0 Å². The molecule has 9 heteroatoms. The van der Waals surface area contributed by atoms with Gasteiger partial charge < -0.3 is 33.9 Å². The van der Waals surface area contributed by atoms with Gasteiger partial charge in [-0.1, -0.05) is 19.9 Å². The number of carbonyl (C=O) groups excluding carboxylic acids is 1. The molecule has 2 saturated carbocycles. The number of cyclic esters (lactones) is 1. The van der Waals surface area contributed by atoms with E-state index in [-0.39, 0.29) is 12.5 Å². The fourth-order valence-corrected chi connectivity index (χ4v) is 8.98. The Morgan fingerprint density at radius 3 is 2.57 bits per heavy atom. The maximum absolute atomic E-state index is 13.1. The maximum atomic E-state index is 13.1. The Balaban J connectivity index is 1.55.